The Kier molecular flexibility index (Phi) is 4.97. The highest BCUT2D eigenvalue weighted by Gasteiger charge is 2.23. The zero-order valence-electron chi connectivity index (χ0n) is 11.7. The van der Waals surface area contributed by atoms with Crippen LogP contribution in [0.15, 0.2) is 0 Å². The fourth-order valence-electron chi connectivity index (χ4n) is 2.71. The summed E-state index contributed by atoms with van der Waals surface area (Å²) in [5.74, 6) is 0.288. The summed E-state index contributed by atoms with van der Waals surface area (Å²) < 4.78 is 0. The number of rotatable bonds is 3. The molecule has 1 unspecified atom stereocenters. The minimum atomic E-state index is 0.288. The second-order valence-corrected chi connectivity index (χ2v) is 5.60. The zero-order chi connectivity index (χ0) is 13.0. The van der Waals surface area contributed by atoms with Gasteiger partial charge in [0.05, 0.1) is 6.54 Å². The van der Waals surface area contributed by atoms with Crippen LogP contribution in [0.5, 0.6) is 0 Å². The van der Waals surface area contributed by atoms with Crippen LogP contribution in [0.4, 0.5) is 0 Å². The predicted molar refractivity (Wildman–Crippen MR) is 72.6 cm³/mol. The lowest BCUT2D eigenvalue weighted by Crippen LogP contribution is -2.52. The summed E-state index contributed by atoms with van der Waals surface area (Å²) in [4.78, 5) is 18.7. The van der Waals surface area contributed by atoms with Crippen molar-refractivity contribution in [2.24, 2.45) is 0 Å². The minimum Gasteiger partial charge on any atom is -0.339 e. The highest BCUT2D eigenvalue weighted by Crippen LogP contribution is 2.09. The maximum atomic E-state index is 12.2. The molecule has 0 aromatic carbocycles. The van der Waals surface area contributed by atoms with Crippen molar-refractivity contribution in [1.82, 2.24) is 20.0 Å². The van der Waals surface area contributed by atoms with Gasteiger partial charge in [0, 0.05) is 38.8 Å². The molecule has 1 amide bonds. The molecule has 2 saturated heterocycles. The maximum Gasteiger partial charge on any atom is 0.236 e. The van der Waals surface area contributed by atoms with Crippen LogP contribution in [0.25, 0.3) is 0 Å². The Morgan fingerprint density at radius 3 is 2.67 bits per heavy atom. The van der Waals surface area contributed by atoms with Gasteiger partial charge in [-0.3, -0.25) is 9.69 Å². The molecule has 5 heteroatoms. The Balaban J connectivity index is 1.75. The Morgan fingerprint density at radius 1 is 1.33 bits per heavy atom. The van der Waals surface area contributed by atoms with Gasteiger partial charge in [-0.2, -0.15) is 0 Å². The molecule has 2 fully saturated rings. The number of carbonyl (C=O) groups is 1. The van der Waals surface area contributed by atoms with Gasteiger partial charge in [0.1, 0.15) is 0 Å². The first-order chi connectivity index (χ1) is 8.66. The summed E-state index contributed by atoms with van der Waals surface area (Å²) >= 11 is 0. The largest absolute Gasteiger partial charge is 0.339 e. The van der Waals surface area contributed by atoms with Crippen molar-refractivity contribution in [2.45, 2.75) is 18.9 Å². The lowest BCUT2D eigenvalue weighted by Gasteiger charge is -2.36. The van der Waals surface area contributed by atoms with Crippen LogP contribution in [0.3, 0.4) is 0 Å². The maximum absolute atomic E-state index is 12.2. The van der Waals surface area contributed by atoms with E-state index in [1.54, 1.807) is 0 Å². The Hall–Kier alpha value is -0.650. The predicted octanol–water partition coefficient (Wildman–Crippen LogP) is -0.556. The molecule has 0 saturated carbocycles. The van der Waals surface area contributed by atoms with Crippen LogP contribution < -0.4 is 5.32 Å². The molecule has 0 aromatic heterocycles. The fourth-order valence-corrected chi connectivity index (χ4v) is 2.71. The van der Waals surface area contributed by atoms with Crippen LogP contribution in [0.2, 0.25) is 0 Å². The normalized spacial score (nSPS) is 26.6. The quantitative estimate of drug-likeness (QED) is 0.733. The third-order valence-electron chi connectivity index (χ3n) is 4.13. The summed E-state index contributed by atoms with van der Waals surface area (Å²) in [6, 6.07) is 0.523. The number of carbonyl (C=O) groups excluding carboxylic acids is 1. The summed E-state index contributed by atoms with van der Waals surface area (Å²) in [5.41, 5.74) is 0. The van der Waals surface area contributed by atoms with Crippen molar-refractivity contribution in [3.05, 3.63) is 0 Å². The first-order valence-electron chi connectivity index (χ1n) is 7.04. The average Bonchev–Trinajstić information content (AvgIpc) is 2.40. The van der Waals surface area contributed by atoms with E-state index in [-0.39, 0.29) is 5.91 Å². The van der Waals surface area contributed by atoms with Crippen LogP contribution in [-0.2, 0) is 4.79 Å². The summed E-state index contributed by atoms with van der Waals surface area (Å²) in [7, 11) is 4.19. The van der Waals surface area contributed by atoms with Gasteiger partial charge < -0.3 is 15.1 Å². The van der Waals surface area contributed by atoms with E-state index >= 15 is 0 Å². The molecular weight excluding hydrogens is 228 g/mol. The summed E-state index contributed by atoms with van der Waals surface area (Å²) in [5, 5.41) is 3.40. The molecule has 1 atom stereocenters. The zero-order valence-corrected chi connectivity index (χ0v) is 11.7. The first kappa shape index (κ1) is 13.8. The van der Waals surface area contributed by atoms with E-state index in [2.05, 4.69) is 29.2 Å². The molecule has 0 radical (unpaired) electrons. The SMILES string of the molecule is CN1CCN(C(=O)CN(C)C2CCCNC2)CC1. The van der Waals surface area contributed by atoms with E-state index in [9.17, 15) is 4.79 Å². The van der Waals surface area contributed by atoms with E-state index in [0.29, 0.717) is 12.6 Å². The van der Waals surface area contributed by atoms with Crippen molar-refractivity contribution >= 4 is 5.91 Å². The second-order valence-electron chi connectivity index (χ2n) is 5.60. The minimum absolute atomic E-state index is 0.288. The standard InChI is InChI=1S/C13H26N4O/c1-15-6-8-17(9-7-15)13(18)11-16(2)12-4-3-5-14-10-12/h12,14H,3-11H2,1-2H3. The molecule has 2 heterocycles. The molecule has 0 aromatic rings. The van der Waals surface area contributed by atoms with Crippen LogP contribution in [-0.4, -0.2) is 86.6 Å². The molecular formula is C13H26N4O. The van der Waals surface area contributed by atoms with Gasteiger partial charge in [-0.05, 0) is 33.5 Å². The van der Waals surface area contributed by atoms with Gasteiger partial charge in [-0.25, -0.2) is 0 Å². The molecule has 5 nitrogen and oxygen atoms in total. The smallest absolute Gasteiger partial charge is 0.236 e. The van der Waals surface area contributed by atoms with Gasteiger partial charge in [0.25, 0.3) is 0 Å². The van der Waals surface area contributed by atoms with Crippen molar-refractivity contribution in [3.63, 3.8) is 0 Å². The molecule has 18 heavy (non-hydrogen) atoms. The first-order valence-corrected chi connectivity index (χ1v) is 7.04. The molecule has 0 spiro atoms. The summed E-state index contributed by atoms with van der Waals surface area (Å²) in [6.07, 6.45) is 2.43. The molecule has 104 valence electrons. The van der Waals surface area contributed by atoms with Gasteiger partial charge >= 0.3 is 0 Å². The number of hydrogen-bond donors (Lipinski definition) is 1. The average molecular weight is 254 g/mol. The lowest BCUT2D eigenvalue weighted by atomic mass is 10.1. The Morgan fingerprint density at radius 2 is 2.06 bits per heavy atom. The van der Waals surface area contributed by atoms with Crippen LogP contribution in [0, 0.1) is 0 Å². The van der Waals surface area contributed by atoms with Gasteiger partial charge in [-0.15, -0.1) is 0 Å². The number of likely N-dealkylation sites (N-methyl/N-ethyl adjacent to an activating group) is 2. The van der Waals surface area contributed by atoms with Gasteiger partial charge in [0.15, 0.2) is 0 Å². The van der Waals surface area contributed by atoms with Crippen molar-refractivity contribution < 1.29 is 4.79 Å². The van der Waals surface area contributed by atoms with E-state index < -0.39 is 0 Å². The Bertz CT molecular complexity index is 270. The van der Waals surface area contributed by atoms with Crippen molar-refractivity contribution in [3.8, 4) is 0 Å². The second kappa shape index (κ2) is 6.50. The monoisotopic (exact) mass is 254 g/mol. The topological polar surface area (TPSA) is 38.8 Å². The van der Waals surface area contributed by atoms with E-state index in [4.69, 9.17) is 0 Å². The van der Waals surface area contributed by atoms with E-state index in [1.807, 2.05) is 4.90 Å². The lowest BCUT2D eigenvalue weighted by molar-refractivity contribution is -0.134. The summed E-state index contributed by atoms with van der Waals surface area (Å²) in [6.45, 7) is 6.47. The van der Waals surface area contributed by atoms with E-state index in [0.717, 1.165) is 39.3 Å². The number of piperidine rings is 1. The van der Waals surface area contributed by atoms with Gasteiger partial charge in [0.2, 0.25) is 5.91 Å². The number of hydrogen-bond acceptors (Lipinski definition) is 4. The Labute approximate surface area is 110 Å². The van der Waals surface area contributed by atoms with Crippen molar-refractivity contribution in [1.29, 1.82) is 0 Å². The number of nitrogens with one attached hydrogen (secondary N) is 1. The van der Waals surface area contributed by atoms with Crippen LogP contribution >= 0.6 is 0 Å². The van der Waals surface area contributed by atoms with E-state index in [1.165, 1.54) is 12.8 Å². The molecule has 0 bridgehead atoms. The molecule has 1 N–H and O–H groups in total. The fraction of sp³-hybridized carbons (Fsp3) is 0.923. The third-order valence-corrected chi connectivity index (χ3v) is 4.13. The molecule has 0 aliphatic carbocycles. The van der Waals surface area contributed by atoms with Crippen molar-refractivity contribution in [2.75, 3.05) is 59.9 Å². The highest BCUT2D eigenvalue weighted by molar-refractivity contribution is 5.78. The number of piperazine rings is 1. The molecule has 2 aliphatic heterocycles. The third kappa shape index (κ3) is 3.67. The number of amides is 1. The van der Waals surface area contributed by atoms with Gasteiger partial charge in [-0.1, -0.05) is 0 Å². The highest BCUT2D eigenvalue weighted by atomic mass is 16.2. The number of nitrogens with zero attached hydrogens (tertiary/aromatic N) is 3. The van der Waals surface area contributed by atoms with Crippen LogP contribution in [0.1, 0.15) is 12.8 Å². The molecule has 2 rings (SSSR count). The molecule has 2 aliphatic rings.